The van der Waals surface area contributed by atoms with E-state index >= 15 is 0 Å². The van der Waals surface area contributed by atoms with Gasteiger partial charge >= 0.3 is 0 Å². The van der Waals surface area contributed by atoms with Gasteiger partial charge in [-0.2, -0.15) is 16.8 Å². The van der Waals surface area contributed by atoms with Gasteiger partial charge in [0.25, 0.3) is 20.2 Å². The molecular weight excluding hydrogens is 905 g/mol. The first kappa shape index (κ1) is 49.4. The molecule has 0 aromatic heterocycles. The van der Waals surface area contributed by atoms with Gasteiger partial charge in [0, 0.05) is 0 Å². The number of benzene rings is 2. The van der Waals surface area contributed by atoms with Gasteiger partial charge in [-0.05, 0) is 38.1 Å². The van der Waals surface area contributed by atoms with Crippen molar-refractivity contribution in [2.45, 2.75) is 146 Å². The molecule has 0 unspecified atom stereocenters. The molecule has 5 fully saturated rings. The molecule has 0 radical (unpaired) electrons. The van der Waals surface area contributed by atoms with Crippen LogP contribution in [-0.2, 0) is 66.5 Å². The molecule has 8 bridgehead atoms. The zero-order chi connectivity index (χ0) is 46.4. The molecule has 5 aliphatic rings. The van der Waals surface area contributed by atoms with Gasteiger partial charge in [0.2, 0.25) is 0 Å². The standard InChI is InChI=1S/C38H52O24S2/c1-15-3-7-17(8-4-15)63(49,50)55-13-21-25(41)33-31(47)35(57-21)53-11-19-23(39)28(44)30(46)38(60-19)62-34-26(42)22(14-56-64(51,52)18-9-5-16(2)6-10-18)58-36(32(34)48)54-12-20-24(40)27(43)29(45)37(59-20)61-33/h3-10,19-48H,11-14H2,1-2H3/t19-,20-,21-,22-,23-,24-,25-,26-,27+,28+,29-,30-,31-,32-,33+,34+,35+,36+,37-,38-/m1/s1. The maximum atomic E-state index is 13.1. The predicted molar refractivity (Wildman–Crippen MR) is 205 cm³/mol. The van der Waals surface area contributed by atoms with Gasteiger partial charge in [-0.3, -0.25) is 8.37 Å². The Morgan fingerprint density at radius 2 is 0.781 bits per heavy atom. The summed E-state index contributed by atoms with van der Waals surface area (Å²) in [7, 11) is -8.96. The second-order valence-electron chi connectivity index (χ2n) is 16.0. The Kier molecular flexibility index (Phi) is 15.5. The summed E-state index contributed by atoms with van der Waals surface area (Å²) in [5.74, 6) is 0. The quantitative estimate of drug-likeness (QED) is 0.111. The molecule has 0 spiro atoms. The number of hydrogen-bond donors (Lipinski definition) is 10. The summed E-state index contributed by atoms with van der Waals surface area (Å²) in [5.41, 5.74) is 1.49. The van der Waals surface area contributed by atoms with Crippen LogP contribution in [0.1, 0.15) is 11.1 Å². The van der Waals surface area contributed by atoms with Gasteiger partial charge < -0.3 is 89.0 Å². The average Bonchev–Trinajstić information content (AvgIpc) is 3.26. The highest BCUT2D eigenvalue weighted by atomic mass is 32.2. The highest BCUT2D eigenvalue weighted by Gasteiger charge is 2.55. The van der Waals surface area contributed by atoms with Crippen molar-refractivity contribution >= 4 is 20.2 Å². The van der Waals surface area contributed by atoms with Crippen LogP contribution in [-0.4, -0.2) is 217 Å². The van der Waals surface area contributed by atoms with Crippen molar-refractivity contribution in [1.29, 1.82) is 0 Å². The average molecular weight is 957 g/mol. The first-order chi connectivity index (χ1) is 30.2. The molecule has 5 saturated heterocycles. The molecule has 7 rings (SSSR count). The number of aliphatic hydroxyl groups is 10. The number of rotatable bonds is 8. The molecule has 5 aliphatic heterocycles. The van der Waals surface area contributed by atoms with Crippen molar-refractivity contribution in [2.24, 2.45) is 0 Å². The Bertz CT molecular complexity index is 1930. The fourth-order valence-electron chi connectivity index (χ4n) is 7.56. The third-order valence-corrected chi connectivity index (χ3v) is 14.0. The Labute approximate surface area is 366 Å². The fraction of sp³-hybridized carbons (Fsp3) is 0.684. The minimum absolute atomic E-state index is 0.248. The summed E-state index contributed by atoms with van der Waals surface area (Å²) < 4.78 is 109. The molecule has 24 nitrogen and oxygen atoms in total. The molecule has 26 heteroatoms. The van der Waals surface area contributed by atoms with E-state index in [4.69, 9.17) is 46.3 Å². The van der Waals surface area contributed by atoms with Crippen LogP contribution in [0.25, 0.3) is 0 Å². The molecule has 10 N–H and O–H groups in total. The molecule has 20 atom stereocenters. The minimum Gasteiger partial charge on any atom is -0.387 e. The van der Waals surface area contributed by atoms with E-state index < -0.39 is 169 Å². The van der Waals surface area contributed by atoms with E-state index in [2.05, 4.69) is 0 Å². The number of aryl methyl sites for hydroxylation is 2. The number of ether oxygens (including phenoxy) is 8. The lowest BCUT2D eigenvalue weighted by Gasteiger charge is -2.48. The van der Waals surface area contributed by atoms with Gasteiger partial charge in [0.1, 0.15) is 97.7 Å². The van der Waals surface area contributed by atoms with E-state index in [1.54, 1.807) is 13.8 Å². The van der Waals surface area contributed by atoms with E-state index in [1.165, 1.54) is 48.5 Å². The second kappa shape index (κ2) is 20.0. The summed E-state index contributed by atoms with van der Waals surface area (Å²) in [6.45, 7) is -0.0552. The van der Waals surface area contributed by atoms with Gasteiger partial charge in [0.05, 0.1) is 36.2 Å². The van der Waals surface area contributed by atoms with E-state index in [-0.39, 0.29) is 9.79 Å². The largest absolute Gasteiger partial charge is 0.387 e. The molecule has 2 aromatic carbocycles. The summed E-state index contributed by atoms with van der Waals surface area (Å²) in [5, 5.41) is 111. The summed E-state index contributed by atoms with van der Waals surface area (Å²) >= 11 is 0. The van der Waals surface area contributed by atoms with Crippen LogP contribution < -0.4 is 0 Å². The van der Waals surface area contributed by atoms with Crippen molar-refractivity contribution < 1.29 is 114 Å². The van der Waals surface area contributed by atoms with Gasteiger partial charge in [-0.25, -0.2) is 0 Å². The molecule has 0 amide bonds. The van der Waals surface area contributed by atoms with Gasteiger partial charge in [0.15, 0.2) is 25.2 Å². The monoisotopic (exact) mass is 956 g/mol. The van der Waals surface area contributed by atoms with Crippen LogP contribution in [0.4, 0.5) is 0 Å². The summed E-state index contributed by atoms with van der Waals surface area (Å²) in [6, 6.07) is 11.2. The predicted octanol–water partition coefficient (Wildman–Crippen LogP) is -5.26. The van der Waals surface area contributed by atoms with Crippen molar-refractivity contribution in [2.75, 3.05) is 26.4 Å². The number of fused-ring (bicyclic) bond motifs is 8. The first-order valence-corrected chi connectivity index (χ1v) is 22.9. The molecule has 64 heavy (non-hydrogen) atoms. The lowest BCUT2D eigenvalue weighted by molar-refractivity contribution is -0.383. The third kappa shape index (κ3) is 10.5. The second-order valence-corrected chi connectivity index (χ2v) is 19.3. The van der Waals surface area contributed by atoms with Crippen LogP contribution in [0, 0.1) is 13.8 Å². The zero-order valence-electron chi connectivity index (χ0n) is 34.0. The van der Waals surface area contributed by atoms with E-state index in [9.17, 15) is 67.9 Å². The maximum absolute atomic E-state index is 13.1. The molecule has 0 saturated carbocycles. The van der Waals surface area contributed by atoms with Crippen molar-refractivity contribution in [3.05, 3.63) is 59.7 Å². The zero-order valence-corrected chi connectivity index (χ0v) is 35.6. The third-order valence-electron chi connectivity index (χ3n) is 11.4. The number of aliphatic hydroxyl groups excluding tert-OH is 10. The SMILES string of the molecule is Cc1ccc(S(=O)(=O)OC[C@H]2O[C@@H]3OC[C@H]4O[C@H](O[C@@H]5[C@@H](O)[C@@H](OC[C@H]6O[C@H](O[C@H]([C@H]3O)[C@@H]2O)[C@H](O)[C@@H](O)[C@@H]6O)O[C@H](COS(=O)(=O)c2ccc(C)cc2)[C@H]5O)[C@H](O)[C@@H](O)[C@@H]4O)cc1. The minimum atomic E-state index is -4.48. The number of hydrogen-bond acceptors (Lipinski definition) is 24. The van der Waals surface area contributed by atoms with Gasteiger partial charge in [-0.15, -0.1) is 0 Å². The van der Waals surface area contributed by atoms with Crippen LogP contribution >= 0.6 is 0 Å². The molecule has 2 aromatic rings. The highest BCUT2D eigenvalue weighted by molar-refractivity contribution is 7.87. The molecular formula is C38H52O24S2. The van der Waals surface area contributed by atoms with E-state index in [0.717, 1.165) is 11.1 Å². The lowest BCUT2D eigenvalue weighted by Crippen LogP contribution is -2.67. The van der Waals surface area contributed by atoms with E-state index in [1.807, 2.05) is 0 Å². The van der Waals surface area contributed by atoms with Crippen molar-refractivity contribution in [3.8, 4) is 0 Å². The first-order valence-electron chi connectivity index (χ1n) is 20.1. The Morgan fingerprint density at radius 3 is 1.12 bits per heavy atom. The van der Waals surface area contributed by atoms with Crippen LogP contribution in [0.15, 0.2) is 58.3 Å². The maximum Gasteiger partial charge on any atom is 0.297 e. The molecule has 5 heterocycles. The Hall–Kier alpha value is -2.46. The highest BCUT2D eigenvalue weighted by Crippen LogP contribution is 2.34. The molecule has 360 valence electrons. The van der Waals surface area contributed by atoms with Crippen LogP contribution in [0.2, 0.25) is 0 Å². The smallest absolute Gasteiger partial charge is 0.297 e. The summed E-state index contributed by atoms with van der Waals surface area (Å²) in [4.78, 5) is -0.496. The van der Waals surface area contributed by atoms with E-state index in [0.29, 0.717) is 0 Å². The lowest BCUT2D eigenvalue weighted by atomic mass is 9.96. The van der Waals surface area contributed by atoms with Crippen molar-refractivity contribution in [3.63, 3.8) is 0 Å². The summed E-state index contributed by atoms with van der Waals surface area (Å²) in [6.07, 6.45) is -38.8. The fourth-order valence-corrected chi connectivity index (χ4v) is 9.40. The molecule has 0 aliphatic carbocycles. The van der Waals surface area contributed by atoms with Crippen LogP contribution in [0.5, 0.6) is 0 Å². The topological polar surface area (TPSA) is 363 Å². The Morgan fingerprint density at radius 1 is 0.438 bits per heavy atom. The van der Waals surface area contributed by atoms with Crippen molar-refractivity contribution in [1.82, 2.24) is 0 Å². The normalized spacial score (nSPS) is 42.6. The van der Waals surface area contributed by atoms with Crippen LogP contribution in [0.3, 0.4) is 0 Å². The van der Waals surface area contributed by atoms with Gasteiger partial charge in [-0.1, -0.05) is 35.4 Å². The Balaban J connectivity index is 1.17.